The average molecular weight is 393 g/mol. The number of aliphatic imine (C=N–C) groups is 1. The number of nitrogens with zero attached hydrogens (tertiary/aromatic N) is 2. The Morgan fingerprint density at radius 2 is 1.90 bits per heavy atom. The number of hydrogen-bond donors (Lipinski definition) is 2. The van der Waals surface area contributed by atoms with Crippen molar-refractivity contribution in [3.05, 3.63) is 59.7 Å². The van der Waals surface area contributed by atoms with Crippen LogP contribution in [0.1, 0.15) is 37.8 Å². The second-order valence-electron chi connectivity index (χ2n) is 7.59. The first kappa shape index (κ1) is 20.9. The first-order chi connectivity index (χ1) is 14.1. The second-order valence-corrected chi connectivity index (χ2v) is 7.59. The summed E-state index contributed by atoms with van der Waals surface area (Å²) in [5, 5.41) is 6.82. The highest BCUT2D eigenvalue weighted by atomic mass is 16.2. The summed E-state index contributed by atoms with van der Waals surface area (Å²) in [7, 11) is 0. The van der Waals surface area contributed by atoms with Crippen molar-refractivity contribution in [2.45, 2.75) is 46.2 Å². The lowest BCUT2D eigenvalue weighted by molar-refractivity contribution is -0.129. The molecule has 2 aromatic rings. The van der Waals surface area contributed by atoms with Crippen molar-refractivity contribution in [1.29, 1.82) is 0 Å². The number of guanidine groups is 1. The van der Waals surface area contributed by atoms with Crippen molar-refractivity contribution in [2.75, 3.05) is 19.6 Å². The maximum absolute atomic E-state index is 11.9. The first-order valence-electron chi connectivity index (χ1n) is 10.6. The fourth-order valence-electron chi connectivity index (χ4n) is 3.69. The van der Waals surface area contributed by atoms with Gasteiger partial charge in [-0.1, -0.05) is 55.0 Å². The molecule has 1 heterocycles. The second kappa shape index (κ2) is 10.1. The Morgan fingerprint density at radius 3 is 2.62 bits per heavy atom. The van der Waals surface area contributed by atoms with Crippen molar-refractivity contribution in [3.8, 4) is 11.1 Å². The van der Waals surface area contributed by atoms with Gasteiger partial charge >= 0.3 is 0 Å². The molecule has 1 atom stereocenters. The minimum absolute atomic E-state index is 0.226. The highest BCUT2D eigenvalue weighted by Gasteiger charge is 2.25. The van der Waals surface area contributed by atoms with E-state index in [-0.39, 0.29) is 11.9 Å². The molecule has 1 saturated heterocycles. The van der Waals surface area contributed by atoms with E-state index in [1.54, 1.807) is 0 Å². The molecule has 0 aromatic heterocycles. The maximum atomic E-state index is 11.9. The van der Waals surface area contributed by atoms with Crippen LogP contribution in [0.5, 0.6) is 0 Å². The Bertz CT molecular complexity index is 861. The van der Waals surface area contributed by atoms with Crippen molar-refractivity contribution < 1.29 is 4.79 Å². The van der Waals surface area contributed by atoms with Crippen LogP contribution in [0, 0.1) is 6.92 Å². The quantitative estimate of drug-likeness (QED) is 0.582. The molecule has 0 bridgehead atoms. The zero-order valence-electron chi connectivity index (χ0n) is 17.7. The molecule has 154 valence electrons. The van der Waals surface area contributed by atoms with E-state index >= 15 is 0 Å². The Hall–Kier alpha value is -2.82. The molecule has 5 nitrogen and oxygen atoms in total. The lowest BCUT2D eigenvalue weighted by atomic mass is 10.0. The van der Waals surface area contributed by atoms with Crippen molar-refractivity contribution in [1.82, 2.24) is 15.5 Å². The minimum atomic E-state index is 0.226. The molecule has 1 unspecified atom stereocenters. The summed E-state index contributed by atoms with van der Waals surface area (Å²) >= 11 is 0. The molecule has 0 radical (unpaired) electrons. The summed E-state index contributed by atoms with van der Waals surface area (Å²) in [6.45, 7) is 9.09. The van der Waals surface area contributed by atoms with E-state index in [1.807, 2.05) is 11.8 Å². The van der Waals surface area contributed by atoms with Crippen LogP contribution < -0.4 is 10.6 Å². The van der Waals surface area contributed by atoms with E-state index in [4.69, 9.17) is 4.99 Å². The van der Waals surface area contributed by atoms with E-state index in [2.05, 4.69) is 73.0 Å². The van der Waals surface area contributed by atoms with Gasteiger partial charge in [-0.2, -0.15) is 0 Å². The summed E-state index contributed by atoms with van der Waals surface area (Å²) in [6.07, 6.45) is 1.52. The van der Waals surface area contributed by atoms with Crippen LogP contribution in [0.15, 0.2) is 53.5 Å². The molecule has 1 amide bonds. The monoisotopic (exact) mass is 392 g/mol. The van der Waals surface area contributed by atoms with Gasteiger partial charge < -0.3 is 15.5 Å². The number of benzene rings is 2. The van der Waals surface area contributed by atoms with Crippen LogP contribution in [0.25, 0.3) is 11.1 Å². The Kier molecular flexibility index (Phi) is 7.28. The van der Waals surface area contributed by atoms with Crippen LogP contribution in [0.3, 0.4) is 0 Å². The van der Waals surface area contributed by atoms with Gasteiger partial charge in [0.05, 0.1) is 6.54 Å². The summed E-state index contributed by atoms with van der Waals surface area (Å²) in [4.78, 5) is 18.6. The van der Waals surface area contributed by atoms with Crippen LogP contribution >= 0.6 is 0 Å². The molecule has 2 N–H and O–H groups in total. The number of amides is 1. The molecule has 1 aliphatic rings. The zero-order valence-corrected chi connectivity index (χ0v) is 17.7. The number of carbonyl (C=O) groups excluding carboxylic acids is 1. The number of rotatable bonds is 6. The molecular formula is C24H32N4O. The summed E-state index contributed by atoms with van der Waals surface area (Å²) in [5.74, 6) is 1.04. The van der Waals surface area contributed by atoms with Gasteiger partial charge in [-0.15, -0.1) is 0 Å². The molecule has 2 aromatic carbocycles. The van der Waals surface area contributed by atoms with Crippen molar-refractivity contribution in [3.63, 3.8) is 0 Å². The Labute approximate surface area is 174 Å². The Balaban J connectivity index is 1.66. The summed E-state index contributed by atoms with van der Waals surface area (Å²) in [6, 6.07) is 17.4. The summed E-state index contributed by atoms with van der Waals surface area (Å²) < 4.78 is 0. The Morgan fingerprint density at radius 1 is 1.14 bits per heavy atom. The number of aryl methyl sites for hydroxylation is 1. The predicted molar refractivity (Wildman–Crippen MR) is 120 cm³/mol. The van der Waals surface area contributed by atoms with Crippen LogP contribution in [-0.2, 0) is 11.3 Å². The number of hydrogen-bond acceptors (Lipinski definition) is 2. The molecule has 3 rings (SSSR count). The lowest BCUT2D eigenvalue weighted by Crippen LogP contribution is -2.45. The van der Waals surface area contributed by atoms with Gasteiger partial charge in [-0.3, -0.25) is 4.79 Å². The third kappa shape index (κ3) is 5.83. The van der Waals surface area contributed by atoms with E-state index < -0.39 is 0 Å². The highest BCUT2D eigenvalue weighted by Crippen LogP contribution is 2.21. The van der Waals surface area contributed by atoms with Crippen LogP contribution in [0.2, 0.25) is 0 Å². The predicted octanol–water partition coefficient (Wildman–Crippen LogP) is 3.73. The van der Waals surface area contributed by atoms with E-state index in [9.17, 15) is 4.79 Å². The van der Waals surface area contributed by atoms with Gasteiger partial charge in [-0.05, 0) is 43.0 Å². The average Bonchev–Trinajstić information content (AvgIpc) is 3.20. The van der Waals surface area contributed by atoms with Crippen molar-refractivity contribution >= 4 is 11.9 Å². The fraction of sp³-hybridized carbons (Fsp3) is 0.417. The molecule has 1 fully saturated rings. The minimum Gasteiger partial charge on any atom is -0.357 e. The van der Waals surface area contributed by atoms with E-state index in [0.29, 0.717) is 13.0 Å². The van der Waals surface area contributed by atoms with Gasteiger partial charge in [0.25, 0.3) is 0 Å². The largest absolute Gasteiger partial charge is 0.357 e. The third-order valence-corrected chi connectivity index (χ3v) is 5.23. The first-order valence-corrected chi connectivity index (χ1v) is 10.6. The van der Waals surface area contributed by atoms with Crippen LogP contribution in [0.4, 0.5) is 0 Å². The molecular weight excluding hydrogens is 360 g/mol. The van der Waals surface area contributed by atoms with Crippen LogP contribution in [-0.4, -0.2) is 42.4 Å². The van der Waals surface area contributed by atoms with E-state index in [1.165, 1.54) is 22.3 Å². The molecule has 0 saturated carbocycles. The molecule has 0 spiro atoms. The smallest absolute Gasteiger partial charge is 0.222 e. The summed E-state index contributed by atoms with van der Waals surface area (Å²) in [5.41, 5.74) is 4.88. The molecule has 29 heavy (non-hydrogen) atoms. The standard InChI is InChI=1S/C24H32N4O/c1-4-23(29)28-13-12-22(17-28)27-24(25-5-2)26-16-19-9-7-11-21(15-19)20-10-6-8-18(3)14-20/h6-11,14-15,22H,4-5,12-13,16-17H2,1-3H3,(H2,25,26,27). The SMILES string of the molecule is CCNC(=NCc1cccc(-c2cccc(C)c2)c1)NC1CCN(C(=O)CC)C1. The number of likely N-dealkylation sites (tertiary alicyclic amines) is 1. The zero-order chi connectivity index (χ0) is 20.6. The van der Waals surface area contributed by atoms with Gasteiger partial charge in [0.15, 0.2) is 5.96 Å². The van der Waals surface area contributed by atoms with E-state index in [0.717, 1.165) is 32.0 Å². The number of carbonyl (C=O) groups is 1. The maximum Gasteiger partial charge on any atom is 0.222 e. The van der Waals surface area contributed by atoms with Crippen molar-refractivity contribution in [2.24, 2.45) is 4.99 Å². The molecule has 5 heteroatoms. The topological polar surface area (TPSA) is 56.7 Å². The fourth-order valence-corrected chi connectivity index (χ4v) is 3.69. The third-order valence-electron chi connectivity index (χ3n) is 5.23. The normalized spacial score (nSPS) is 16.7. The van der Waals surface area contributed by atoms with Gasteiger partial charge in [0.2, 0.25) is 5.91 Å². The lowest BCUT2D eigenvalue weighted by Gasteiger charge is -2.18. The highest BCUT2D eigenvalue weighted by molar-refractivity contribution is 5.80. The molecule has 0 aliphatic carbocycles. The van der Waals surface area contributed by atoms with Gasteiger partial charge in [0, 0.05) is 32.1 Å². The van der Waals surface area contributed by atoms with Gasteiger partial charge in [-0.25, -0.2) is 4.99 Å². The molecule has 1 aliphatic heterocycles. The van der Waals surface area contributed by atoms with Gasteiger partial charge in [0.1, 0.15) is 0 Å². The number of nitrogens with one attached hydrogen (secondary N) is 2.